The van der Waals surface area contributed by atoms with Gasteiger partial charge in [-0.2, -0.15) is 0 Å². The van der Waals surface area contributed by atoms with E-state index in [2.05, 4.69) is 16.8 Å². The Bertz CT molecular complexity index is 581. The smallest absolute Gasteiger partial charge is 0.311 e. The molecule has 1 aliphatic heterocycles. The van der Waals surface area contributed by atoms with E-state index in [1.54, 1.807) is 18.2 Å². The van der Waals surface area contributed by atoms with Gasteiger partial charge in [0.1, 0.15) is 13.2 Å². The molecule has 2 heterocycles. The minimum Gasteiger partial charge on any atom is -0.464 e. The summed E-state index contributed by atoms with van der Waals surface area (Å²) >= 11 is 0. The maximum absolute atomic E-state index is 12.1. The first-order chi connectivity index (χ1) is 14.2. The van der Waals surface area contributed by atoms with Crippen molar-refractivity contribution in [1.82, 2.24) is 9.88 Å². The lowest BCUT2D eigenvalue weighted by molar-refractivity contribution is -0.143. The van der Waals surface area contributed by atoms with Gasteiger partial charge in [0, 0.05) is 13.1 Å². The Labute approximate surface area is 175 Å². The van der Waals surface area contributed by atoms with Gasteiger partial charge in [-0.25, -0.2) is 0 Å². The number of pyridine rings is 1. The summed E-state index contributed by atoms with van der Waals surface area (Å²) in [6.07, 6.45) is 10.5. The molecule has 0 aromatic carbocycles. The molecule has 1 aromatic heterocycles. The van der Waals surface area contributed by atoms with Crippen LogP contribution in [-0.4, -0.2) is 54.7 Å². The highest BCUT2D eigenvalue weighted by molar-refractivity contribution is 5.73. The number of fused-ring (bicyclic) bond motifs is 2. The van der Waals surface area contributed by atoms with Crippen LogP contribution >= 0.6 is 0 Å². The first kappa shape index (κ1) is 23.3. The Morgan fingerprint density at radius 2 is 1.34 bits per heavy atom. The van der Waals surface area contributed by atoms with Crippen molar-refractivity contribution in [3.63, 3.8) is 0 Å². The lowest BCUT2D eigenvalue weighted by Crippen LogP contribution is -2.33. The number of carbonyl (C=O) groups excluding carboxylic acids is 2. The number of carbonyl (C=O) groups is 2. The number of unbranched alkanes of at least 4 members (excludes halogenated alkanes) is 7. The number of hydrogen-bond donors (Lipinski definition) is 0. The SMILES string of the molecule is CCCCCCCCCCN1CCOC(=O)Cc2cccc(n2)CC(=O)OCC1. The Hall–Kier alpha value is -1.95. The van der Waals surface area contributed by atoms with Gasteiger partial charge in [-0.1, -0.05) is 57.9 Å². The fourth-order valence-electron chi connectivity index (χ4n) is 3.51. The third-order valence-electron chi connectivity index (χ3n) is 5.18. The van der Waals surface area contributed by atoms with Crippen LogP contribution in [0.25, 0.3) is 0 Å². The molecule has 0 aliphatic carbocycles. The fourth-order valence-corrected chi connectivity index (χ4v) is 3.51. The number of cyclic esters (lactones) is 2. The Balaban J connectivity index is 1.76. The minimum atomic E-state index is -0.277. The second kappa shape index (κ2) is 14.1. The average molecular weight is 405 g/mol. The normalized spacial score (nSPS) is 16.7. The summed E-state index contributed by atoms with van der Waals surface area (Å²) in [5.41, 5.74) is 1.24. The van der Waals surface area contributed by atoms with E-state index in [9.17, 15) is 9.59 Å². The summed E-state index contributed by atoms with van der Waals surface area (Å²) < 4.78 is 10.8. The van der Waals surface area contributed by atoms with E-state index in [-0.39, 0.29) is 24.8 Å². The van der Waals surface area contributed by atoms with E-state index in [0.29, 0.717) is 37.7 Å². The number of hydrogen-bond acceptors (Lipinski definition) is 6. The number of esters is 2. The summed E-state index contributed by atoms with van der Waals surface area (Å²) in [4.78, 5) is 30.7. The summed E-state index contributed by atoms with van der Waals surface area (Å²) in [6, 6.07) is 5.35. The van der Waals surface area contributed by atoms with Crippen molar-refractivity contribution in [2.75, 3.05) is 32.8 Å². The molecule has 6 heteroatoms. The van der Waals surface area contributed by atoms with E-state index in [0.717, 1.165) is 13.0 Å². The van der Waals surface area contributed by atoms with Crippen molar-refractivity contribution >= 4 is 11.9 Å². The lowest BCUT2D eigenvalue weighted by atomic mass is 10.1. The molecule has 0 spiro atoms. The number of rotatable bonds is 9. The molecule has 1 aromatic rings. The predicted molar refractivity (Wildman–Crippen MR) is 113 cm³/mol. The molecule has 2 bridgehead atoms. The topological polar surface area (TPSA) is 68.7 Å². The zero-order chi connectivity index (χ0) is 20.7. The molecule has 29 heavy (non-hydrogen) atoms. The summed E-state index contributed by atoms with van der Waals surface area (Å²) in [6.45, 7) is 5.20. The third-order valence-corrected chi connectivity index (χ3v) is 5.18. The van der Waals surface area contributed by atoms with Crippen molar-refractivity contribution < 1.29 is 19.1 Å². The largest absolute Gasteiger partial charge is 0.464 e. The molecule has 0 saturated heterocycles. The summed E-state index contributed by atoms with van der Waals surface area (Å²) in [5, 5.41) is 0. The van der Waals surface area contributed by atoms with Gasteiger partial charge >= 0.3 is 11.9 Å². The zero-order valence-electron chi connectivity index (χ0n) is 17.9. The van der Waals surface area contributed by atoms with Gasteiger partial charge < -0.3 is 9.47 Å². The van der Waals surface area contributed by atoms with Crippen LogP contribution in [0.5, 0.6) is 0 Å². The summed E-state index contributed by atoms with van der Waals surface area (Å²) in [7, 11) is 0. The third kappa shape index (κ3) is 10.4. The molecular weight excluding hydrogens is 368 g/mol. The minimum absolute atomic E-state index is 0.126. The lowest BCUT2D eigenvalue weighted by Gasteiger charge is -2.22. The molecule has 0 saturated carbocycles. The van der Waals surface area contributed by atoms with Gasteiger partial charge in [0.05, 0.1) is 24.2 Å². The second-order valence-corrected chi connectivity index (χ2v) is 7.73. The van der Waals surface area contributed by atoms with Crippen molar-refractivity contribution in [3.05, 3.63) is 29.6 Å². The van der Waals surface area contributed by atoms with Crippen molar-refractivity contribution in [1.29, 1.82) is 0 Å². The molecular formula is C23H36N2O4. The van der Waals surface area contributed by atoms with E-state index in [4.69, 9.17) is 9.47 Å². The number of ether oxygens (including phenoxy) is 2. The Morgan fingerprint density at radius 1 is 0.828 bits per heavy atom. The highest BCUT2D eigenvalue weighted by Crippen LogP contribution is 2.09. The highest BCUT2D eigenvalue weighted by Gasteiger charge is 2.13. The molecule has 0 atom stereocenters. The maximum atomic E-state index is 12.1. The molecule has 2 rings (SSSR count). The van der Waals surface area contributed by atoms with Crippen LogP contribution in [0.15, 0.2) is 18.2 Å². The van der Waals surface area contributed by atoms with Crippen LogP contribution in [-0.2, 0) is 31.9 Å². The first-order valence-corrected chi connectivity index (χ1v) is 11.2. The molecule has 1 aliphatic rings. The van der Waals surface area contributed by atoms with Crippen molar-refractivity contribution in [2.24, 2.45) is 0 Å². The predicted octanol–water partition coefficient (Wildman–Crippen LogP) is 3.71. The maximum Gasteiger partial charge on any atom is 0.311 e. The standard InChI is InChI=1S/C23H36N2O4/c1-2-3-4-5-6-7-8-9-13-25-14-16-28-22(26)18-20-11-10-12-21(24-20)19-23(27)29-17-15-25/h10-12H,2-9,13-19H2,1H3. The fraction of sp³-hybridized carbons (Fsp3) is 0.696. The van der Waals surface area contributed by atoms with Gasteiger partial charge in [-0.15, -0.1) is 0 Å². The molecule has 162 valence electrons. The van der Waals surface area contributed by atoms with Gasteiger partial charge in [-0.05, 0) is 25.1 Å². The van der Waals surface area contributed by atoms with E-state index in [1.165, 1.54) is 44.9 Å². The van der Waals surface area contributed by atoms with Crippen LogP contribution in [0.1, 0.15) is 69.7 Å². The van der Waals surface area contributed by atoms with Crippen molar-refractivity contribution in [2.45, 2.75) is 71.1 Å². The molecule has 0 unspecified atom stereocenters. The molecule has 0 amide bonds. The van der Waals surface area contributed by atoms with Crippen LogP contribution in [0.3, 0.4) is 0 Å². The Kier molecular flexibility index (Phi) is 11.3. The van der Waals surface area contributed by atoms with E-state index in [1.807, 2.05) is 0 Å². The number of nitrogens with zero attached hydrogens (tertiary/aromatic N) is 2. The summed E-state index contributed by atoms with van der Waals surface area (Å²) in [5.74, 6) is -0.553. The van der Waals surface area contributed by atoms with Crippen LogP contribution in [0.2, 0.25) is 0 Å². The molecule has 0 N–H and O–H groups in total. The molecule has 0 fully saturated rings. The van der Waals surface area contributed by atoms with Gasteiger partial charge in [0.15, 0.2) is 0 Å². The van der Waals surface area contributed by atoms with Crippen molar-refractivity contribution in [3.8, 4) is 0 Å². The van der Waals surface area contributed by atoms with Crippen LogP contribution in [0, 0.1) is 0 Å². The second-order valence-electron chi connectivity index (χ2n) is 7.73. The van der Waals surface area contributed by atoms with E-state index >= 15 is 0 Å². The number of aromatic nitrogens is 1. The quantitative estimate of drug-likeness (QED) is 0.462. The van der Waals surface area contributed by atoms with E-state index < -0.39 is 0 Å². The Morgan fingerprint density at radius 3 is 1.90 bits per heavy atom. The highest BCUT2D eigenvalue weighted by atomic mass is 16.5. The van der Waals surface area contributed by atoms with Crippen LogP contribution < -0.4 is 0 Å². The van der Waals surface area contributed by atoms with Gasteiger partial charge in [0.2, 0.25) is 0 Å². The monoisotopic (exact) mass is 404 g/mol. The first-order valence-electron chi connectivity index (χ1n) is 11.2. The average Bonchev–Trinajstić information content (AvgIpc) is 2.69. The van der Waals surface area contributed by atoms with Gasteiger partial charge in [-0.3, -0.25) is 19.5 Å². The van der Waals surface area contributed by atoms with Gasteiger partial charge in [0.25, 0.3) is 0 Å². The zero-order valence-corrected chi connectivity index (χ0v) is 17.9. The molecule has 6 nitrogen and oxygen atoms in total. The van der Waals surface area contributed by atoms with Crippen LogP contribution in [0.4, 0.5) is 0 Å². The molecule has 0 radical (unpaired) electrons.